The van der Waals surface area contributed by atoms with E-state index in [4.69, 9.17) is 4.42 Å². The second-order valence-electron chi connectivity index (χ2n) is 4.16. The maximum atomic E-state index is 11.5. The molecular formula is C13H12N6O2. The molecule has 0 unspecified atom stereocenters. The highest BCUT2D eigenvalue weighted by Crippen LogP contribution is 2.19. The zero-order valence-electron chi connectivity index (χ0n) is 11.2. The lowest BCUT2D eigenvalue weighted by molar-refractivity contribution is -0.115. The highest BCUT2D eigenvalue weighted by Gasteiger charge is 2.12. The zero-order valence-corrected chi connectivity index (χ0v) is 11.2. The minimum absolute atomic E-state index is 0.136. The van der Waals surface area contributed by atoms with Crippen molar-refractivity contribution in [1.82, 2.24) is 25.0 Å². The molecule has 3 aromatic rings. The molecule has 1 N–H and O–H groups in total. The minimum Gasteiger partial charge on any atom is -0.461 e. The van der Waals surface area contributed by atoms with Gasteiger partial charge in [0.2, 0.25) is 5.91 Å². The van der Waals surface area contributed by atoms with Crippen molar-refractivity contribution >= 4 is 11.7 Å². The van der Waals surface area contributed by atoms with Crippen molar-refractivity contribution < 1.29 is 9.21 Å². The molecule has 0 aromatic carbocycles. The van der Waals surface area contributed by atoms with Gasteiger partial charge in [0.15, 0.2) is 17.4 Å². The monoisotopic (exact) mass is 284 g/mol. The molecule has 0 atom stereocenters. The summed E-state index contributed by atoms with van der Waals surface area (Å²) >= 11 is 0. The molecule has 1 amide bonds. The second-order valence-corrected chi connectivity index (χ2v) is 4.16. The van der Waals surface area contributed by atoms with Crippen molar-refractivity contribution in [2.75, 3.05) is 5.32 Å². The molecule has 106 valence electrons. The second kappa shape index (κ2) is 5.53. The molecule has 8 heteroatoms. The van der Waals surface area contributed by atoms with E-state index in [2.05, 4.69) is 25.6 Å². The molecule has 8 nitrogen and oxygen atoms in total. The molecule has 0 aliphatic carbocycles. The van der Waals surface area contributed by atoms with Gasteiger partial charge in [-0.1, -0.05) is 12.1 Å². The van der Waals surface area contributed by atoms with Crippen LogP contribution in [0.4, 0.5) is 5.82 Å². The Balaban J connectivity index is 2.06. The quantitative estimate of drug-likeness (QED) is 0.782. The molecule has 0 spiro atoms. The van der Waals surface area contributed by atoms with Crippen LogP contribution in [0.3, 0.4) is 0 Å². The van der Waals surface area contributed by atoms with Crippen LogP contribution in [-0.2, 0) is 4.79 Å². The molecule has 0 saturated carbocycles. The third kappa shape index (κ3) is 2.78. The predicted octanol–water partition coefficient (Wildman–Crippen LogP) is 1.67. The van der Waals surface area contributed by atoms with Gasteiger partial charge in [-0.15, -0.1) is 5.10 Å². The predicted molar refractivity (Wildman–Crippen MR) is 73.6 cm³/mol. The highest BCUT2D eigenvalue weighted by atomic mass is 16.3. The van der Waals surface area contributed by atoms with E-state index in [1.54, 1.807) is 37.5 Å². The van der Waals surface area contributed by atoms with Gasteiger partial charge in [-0.3, -0.25) is 4.79 Å². The largest absolute Gasteiger partial charge is 0.461 e. The summed E-state index contributed by atoms with van der Waals surface area (Å²) in [5.41, 5.74) is 0. The smallest absolute Gasteiger partial charge is 0.225 e. The van der Waals surface area contributed by atoms with Crippen LogP contribution in [-0.4, -0.2) is 30.9 Å². The third-order valence-corrected chi connectivity index (χ3v) is 2.70. The lowest BCUT2D eigenvalue weighted by Crippen LogP contribution is -2.12. The van der Waals surface area contributed by atoms with Gasteiger partial charge in [0.1, 0.15) is 5.82 Å². The van der Waals surface area contributed by atoms with E-state index in [-0.39, 0.29) is 5.91 Å². The molecule has 0 saturated heterocycles. The Labute approximate surface area is 119 Å². The lowest BCUT2D eigenvalue weighted by atomic mass is 10.4. The van der Waals surface area contributed by atoms with Gasteiger partial charge in [-0.25, -0.2) is 14.6 Å². The van der Waals surface area contributed by atoms with E-state index < -0.39 is 0 Å². The molecule has 0 radical (unpaired) electrons. The average molecular weight is 284 g/mol. The number of furan rings is 1. The molecule has 3 rings (SSSR count). The highest BCUT2D eigenvalue weighted by molar-refractivity contribution is 5.89. The van der Waals surface area contributed by atoms with E-state index >= 15 is 0 Å². The fraction of sp³-hybridized carbons (Fsp3) is 0.154. The first kappa shape index (κ1) is 13.0. The van der Waals surface area contributed by atoms with Gasteiger partial charge < -0.3 is 9.73 Å². The summed E-state index contributed by atoms with van der Waals surface area (Å²) in [4.78, 5) is 20.2. The average Bonchev–Trinajstić information content (AvgIpc) is 3.20. The van der Waals surface area contributed by atoms with Crippen molar-refractivity contribution in [3.8, 4) is 17.4 Å². The minimum atomic E-state index is -0.136. The Hall–Kier alpha value is -3.03. The Kier molecular flexibility index (Phi) is 3.42. The van der Waals surface area contributed by atoms with Gasteiger partial charge in [0, 0.05) is 12.5 Å². The van der Waals surface area contributed by atoms with Crippen molar-refractivity contribution in [1.29, 1.82) is 0 Å². The maximum absolute atomic E-state index is 11.5. The molecule has 3 heterocycles. The first-order valence-electron chi connectivity index (χ1n) is 6.36. The molecular weight excluding hydrogens is 272 g/mol. The third-order valence-electron chi connectivity index (χ3n) is 2.70. The first-order chi connectivity index (χ1) is 10.3. The molecule has 0 bridgehead atoms. The van der Waals surface area contributed by atoms with Crippen molar-refractivity contribution in [2.45, 2.75) is 13.3 Å². The number of rotatable bonds is 4. The standard InChI is InChI=1S/C13H12N6O2/c1-2-12(20)15-10-8-11(19-6-5-14-18-19)17-13(16-10)9-4-3-7-21-9/h3-8H,2H2,1H3,(H,15,16,17,20). The Bertz CT molecular complexity index is 684. The van der Waals surface area contributed by atoms with E-state index in [0.717, 1.165) is 0 Å². The zero-order chi connectivity index (χ0) is 14.7. The van der Waals surface area contributed by atoms with Crippen molar-refractivity contribution in [3.63, 3.8) is 0 Å². The number of carbonyl (C=O) groups is 1. The summed E-state index contributed by atoms with van der Waals surface area (Å²) in [6.07, 6.45) is 5.09. The summed E-state index contributed by atoms with van der Waals surface area (Å²) in [6.45, 7) is 1.77. The molecule has 21 heavy (non-hydrogen) atoms. The van der Waals surface area contributed by atoms with Crippen LogP contribution in [0.25, 0.3) is 17.4 Å². The summed E-state index contributed by atoms with van der Waals surface area (Å²) in [5, 5.41) is 10.3. The van der Waals surface area contributed by atoms with Crippen LogP contribution < -0.4 is 5.32 Å². The summed E-state index contributed by atoms with van der Waals surface area (Å²) < 4.78 is 6.78. The molecule has 3 aromatic heterocycles. The number of amides is 1. The number of nitrogens with one attached hydrogen (secondary N) is 1. The van der Waals surface area contributed by atoms with E-state index in [9.17, 15) is 4.79 Å². The van der Waals surface area contributed by atoms with Crippen LogP contribution >= 0.6 is 0 Å². The maximum Gasteiger partial charge on any atom is 0.225 e. The van der Waals surface area contributed by atoms with Crippen LogP contribution in [0.5, 0.6) is 0 Å². The Morgan fingerprint density at radius 3 is 3.00 bits per heavy atom. The van der Waals surface area contributed by atoms with Crippen LogP contribution in [0, 0.1) is 0 Å². The number of nitrogens with zero attached hydrogens (tertiary/aromatic N) is 5. The van der Waals surface area contributed by atoms with Gasteiger partial charge in [-0.2, -0.15) is 0 Å². The van der Waals surface area contributed by atoms with Crippen LogP contribution in [0.2, 0.25) is 0 Å². The fourth-order valence-corrected chi connectivity index (χ4v) is 1.69. The van der Waals surface area contributed by atoms with Crippen LogP contribution in [0.15, 0.2) is 41.3 Å². The summed E-state index contributed by atoms with van der Waals surface area (Å²) in [5.74, 6) is 1.60. The van der Waals surface area contributed by atoms with E-state index in [1.807, 2.05) is 0 Å². The lowest BCUT2D eigenvalue weighted by Gasteiger charge is -2.07. The van der Waals surface area contributed by atoms with Crippen molar-refractivity contribution in [2.24, 2.45) is 0 Å². The fourth-order valence-electron chi connectivity index (χ4n) is 1.69. The number of anilines is 1. The number of aromatic nitrogens is 5. The van der Waals surface area contributed by atoms with Crippen LogP contribution in [0.1, 0.15) is 13.3 Å². The van der Waals surface area contributed by atoms with Gasteiger partial charge in [0.25, 0.3) is 0 Å². The summed E-state index contributed by atoms with van der Waals surface area (Å²) in [6, 6.07) is 5.10. The molecule has 0 aliphatic heterocycles. The van der Waals surface area contributed by atoms with Gasteiger partial charge in [0.05, 0.1) is 18.7 Å². The van der Waals surface area contributed by atoms with E-state index in [1.165, 1.54) is 10.9 Å². The Morgan fingerprint density at radius 2 is 2.33 bits per heavy atom. The number of carbonyl (C=O) groups excluding carboxylic acids is 1. The van der Waals surface area contributed by atoms with Gasteiger partial charge in [-0.05, 0) is 12.1 Å². The molecule has 0 aliphatic rings. The summed E-state index contributed by atoms with van der Waals surface area (Å²) in [7, 11) is 0. The van der Waals surface area contributed by atoms with Crippen molar-refractivity contribution in [3.05, 3.63) is 36.9 Å². The first-order valence-corrected chi connectivity index (χ1v) is 6.36. The van der Waals surface area contributed by atoms with E-state index in [0.29, 0.717) is 29.6 Å². The Morgan fingerprint density at radius 1 is 1.43 bits per heavy atom. The molecule has 0 fully saturated rings. The SMILES string of the molecule is CCC(=O)Nc1cc(-n2ccnn2)nc(-c2ccco2)n1. The van der Waals surface area contributed by atoms with Gasteiger partial charge >= 0.3 is 0 Å². The number of hydrogen-bond donors (Lipinski definition) is 1. The number of hydrogen-bond acceptors (Lipinski definition) is 6. The normalized spacial score (nSPS) is 10.5. The topological polar surface area (TPSA) is 98.7 Å².